The third-order valence-electron chi connectivity index (χ3n) is 3.03. The Morgan fingerprint density at radius 3 is 2.80 bits per heavy atom. The van der Waals surface area contributed by atoms with Gasteiger partial charge in [0, 0.05) is 5.92 Å². The average Bonchev–Trinajstić information content (AvgIpc) is 3.10. The van der Waals surface area contributed by atoms with E-state index in [0.29, 0.717) is 11.5 Å². The number of hydrogen-bond acceptors (Lipinski definition) is 5. The topological polar surface area (TPSA) is 85.1 Å². The summed E-state index contributed by atoms with van der Waals surface area (Å²) in [5.74, 6) is -0.359. The molecule has 1 aliphatic carbocycles. The van der Waals surface area contributed by atoms with Gasteiger partial charge in [-0.05, 0) is 36.6 Å². The van der Waals surface area contributed by atoms with Crippen LogP contribution in [0.2, 0.25) is 0 Å². The first-order chi connectivity index (χ1) is 9.47. The summed E-state index contributed by atoms with van der Waals surface area (Å²) in [7, 11) is -4.08. The monoisotopic (exact) mass is 297 g/mol. The van der Waals surface area contributed by atoms with E-state index in [2.05, 4.69) is 14.9 Å². The highest BCUT2D eigenvalue weighted by Gasteiger charge is 2.31. The lowest BCUT2D eigenvalue weighted by Crippen LogP contribution is -2.16. The number of nitrogens with one attached hydrogen (secondary N) is 1. The molecule has 0 bridgehead atoms. The average molecular weight is 297 g/mol. The number of rotatable bonds is 4. The zero-order valence-corrected chi connectivity index (χ0v) is 11.4. The van der Waals surface area contributed by atoms with Crippen molar-refractivity contribution in [3.05, 3.63) is 35.5 Å². The van der Waals surface area contributed by atoms with Crippen LogP contribution in [0.25, 0.3) is 0 Å². The summed E-state index contributed by atoms with van der Waals surface area (Å²) < 4.78 is 45.1. The van der Waals surface area contributed by atoms with E-state index in [-0.39, 0.29) is 11.9 Å². The largest absolute Gasteiger partial charge is 0.337 e. The van der Waals surface area contributed by atoms with Crippen LogP contribution in [0.5, 0.6) is 0 Å². The fourth-order valence-corrected chi connectivity index (χ4v) is 3.14. The molecule has 0 atom stereocenters. The molecule has 0 amide bonds. The molecular formula is C12H12FN3O3S. The van der Waals surface area contributed by atoms with Gasteiger partial charge in [-0.25, -0.2) is 17.5 Å². The van der Waals surface area contributed by atoms with Gasteiger partial charge in [0.25, 0.3) is 16.0 Å². The molecule has 8 heteroatoms. The smallest absolute Gasteiger partial charge is 0.277 e. The Labute approximate surface area is 115 Å². The maximum Gasteiger partial charge on any atom is 0.277 e. The number of sulfonamides is 1. The Morgan fingerprint density at radius 2 is 2.15 bits per heavy atom. The summed E-state index contributed by atoms with van der Waals surface area (Å²) in [5, 5.41) is 3.55. The standard InChI is InChI=1S/C12H12FN3O3S/c1-7-3-2-4-9(13)10(7)20(17,18)16-12-14-11(19-15-12)8-5-6-8/h2-4,8H,5-6H2,1H3,(H,15,16). The quantitative estimate of drug-likeness (QED) is 0.935. The third-order valence-corrected chi connectivity index (χ3v) is 4.53. The van der Waals surface area contributed by atoms with Gasteiger partial charge in [0.05, 0.1) is 0 Å². The van der Waals surface area contributed by atoms with Crippen molar-refractivity contribution >= 4 is 16.0 Å². The van der Waals surface area contributed by atoms with Crippen molar-refractivity contribution in [3.63, 3.8) is 0 Å². The number of nitrogens with zero attached hydrogens (tertiary/aromatic N) is 2. The molecule has 1 aliphatic rings. The first-order valence-corrected chi connectivity index (χ1v) is 7.57. The van der Waals surface area contributed by atoms with Gasteiger partial charge in [-0.1, -0.05) is 12.1 Å². The summed E-state index contributed by atoms with van der Waals surface area (Å²) in [6.07, 6.45) is 1.92. The van der Waals surface area contributed by atoms with E-state index in [1.807, 2.05) is 0 Å². The summed E-state index contributed by atoms with van der Waals surface area (Å²) in [5.41, 5.74) is 0.309. The van der Waals surface area contributed by atoms with Gasteiger partial charge in [-0.2, -0.15) is 4.98 Å². The van der Waals surface area contributed by atoms with Crippen LogP contribution in [0.3, 0.4) is 0 Å². The second-order valence-electron chi connectivity index (χ2n) is 4.72. The number of aryl methyl sites for hydroxylation is 1. The highest BCUT2D eigenvalue weighted by Crippen LogP contribution is 2.39. The van der Waals surface area contributed by atoms with Crippen molar-refractivity contribution in [3.8, 4) is 0 Å². The molecule has 2 aromatic rings. The molecular weight excluding hydrogens is 285 g/mol. The second-order valence-corrected chi connectivity index (χ2v) is 6.34. The molecule has 3 rings (SSSR count). The van der Waals surface area contributed by atoms with Crippen molar-refractivity contribution in [2.75, 3.05) is 4.72 Å². The van der Waals surface area contributed by atoms with Gasteiger partial charge < -0.3 is 4.52 Å². The van der Waals surface area contributed by atoms with Crippen LogP contribution in [0.4, 0.5) is 10.3 Å². The highest BCUT2D eigenvalue weighted by atomic mass is 32.2. The summed E-state index contributed by atoms with van der Waals surface area (Å²) in [4.78, 5) is 3.55. The second kappa shape index (κ2) is 4.55. The molecule has 0 unspecified atom stereocenters. The van der Waals surface area contributed by atoms with Crippen LogP contribution in [0.15, 0.2) is 27.6 Å². The normalized spacial score (nSPS) is 15.3. The van der Waals surface area contributed by atoms with Gasteiger partial charge in [0.15, 0.2) is 0 Å². The van der Waals surface area contributed by atoms with Gasteiger partial charge in [0.2, 0.25) is 5.89 Å². The molecule has 0 aliphatic heterocycles. The molecule has 1 aromatic heterocycles. The van der Waals surface area contributed by atoms with E-state index in [1.54, 1.807) is 0 Å². The lowest BCUT2D eigenvalue weighted by atomic mass is 10.2. The Morgan fingerprint density at radius 1 is 1.40 bits per heavy atom. The van der Waals surface area contributed by atoms with Crippen LogP contribution in [-0.4, -0.2) is 18.6 Å². The van der Waals surface area contributed by atoms with Crippen molar-refractivity contribution in [1.82, 2.24) is 10.1 Å². The highest BCUT2D eigenvalue weighted by molar-refractivity contribution is 7.92. The summed E-state index contributed by atoms with van der Waals surface area (Å²) in [6.45, 7) is 1.52. The third kappa shape index (κ3) is 2.38. The molecule has 1 heterocycles. The molecule has 0 saturated heterocycles. The van der Waals surface area contributed by atoms with Crippen LogP contribution in [0.1, 0.15) is 30.2 Å². The van der Waals surface area contributed by atoms with Crippen molar-refractivity contribution < 1.29 is 17.3 Å². The summed E-state index contributed by atoms with van der Waals surface area (Å²) >= 11 is 0. The molecule has 1 saturated carbocycles. The zero-order chi connectivity index (χ0) is 14.3. The van der Waals surface area contributed by atoms with Crippen LogP contribution in [-0.2, 0) is 10.0 Å². The number of benzene rings is 1. The number of halogens is 1. The van der Waals surface area contributed by atoms with E-state index in [4.69, 9.17) is 4.52 Å². The molecule has 0 spiro atoms. The Balaban J connectivity index is 1.91. The number of aromatic nitrogens is 2. The van der Waals surface area contributed by atoms with Crippen molar-refractivity contribution in [2.45, 2.75) is 30.6 Å². The van der Waals surface area contributed by atoms with Crippen molar-refractivity contribution in [2.24, 2.45) is 0 Å². The van der Waals surface area contributed by atoms with Crippen molar-refractivity contribution in [1.29, 1.82) is 0 Å². The number of anilines is 1. The molecule has 1 N–H and O–H groups in total. The van der Waals surface area contributed by atoms with E-state index >= 15 is 0 Å². The zero-order valence-electron chi connectivity index (χ0n) is 10.6. The van der Waals surface area contributed by atoms with Crippen LogP contribution in [0, 0.1) is 12.7 Å². The van der Waals surface area contributed by atoms with Crippen LogP contribution >= 0.6 is 0 Å². The maximum absolute atomic E-state index is 13.7. The molecule has 6 nitrogen and oxygen atoms in total. The summed E-state index contributed by atoms with van der Waals surface area (Å²) in [6, 6.07) is 4.06. The lowest BCUT2D eigenvalue weighted by molar-refractivity contribution is 0.380. The lowest BCUT2D eigenvalue weighted by Gasteiger charge is -2.08. The van der Waals surface area contributed by atoms with E-state index in [0.717, 1.165) is 18.9 Å². The van der Waals surface area contributed by atoms with Gasteiger partial charge in [-0.3, -0.25) is 0 Å². The first kappa shape index (κ1) is 13.0. The SMILES string of the molecule is Cc1cccc(F)c1S(=O)(=O)Nc1noc(C2CC2)n1. The Bertz CT molecular complexity index is 733. The Kier molecular flexibility index (Phi) is 2.97. The van der Waals surface area contributed by atoms with E-state index < -0.39 is 20.7 Å². The molecule has 1 fully saturated rings. The van der Waals surface area contributed by atoms with E-state index in [9.17, 15) is 12.8 Å². The fourth-order valence-electron chi connectivity index (χ4n) is 1.90. The molecule has 0 radical (unpaired) electrons. The first-order valence-electron chi connectivity index (χ1n) is 6.09. The minimum atomic E-state index is -4.08. The molecule has 106 valence electrons. The number of hydrogen-bond donors (Lipinski definition) is 1. The minimum Gasteiger partial charge on any atom is -0.337 e. The molecule has 1 aromatic carbocycles. The van der Waals surface area contributed by atoms with Gasteiger partial charge in [-0.15, -0.1) is 0 Å². The Hall–Kier alpha value is -1.96. The predicted molar refractivity (Wildman–Crippen MR) is 68.2 cm³/mol. The van der Waals surface area contributed by atoms with Gasteiger partial charge in [0.1, 0.15) is 10.7 Å². The van der Waals surface area contributed by atoms with E-state index in [1.165, 1.54) is 19.1 Å². The van der Waals surface area contributed by atoms with Crippen LogP contribution < -0.4 is 4.72 Å². The fraction of sp³-hybridized carbons (Fsp3) is 0.333. The molecule has 20 heavy (non-hydrogen) atoms. The predicted octanol–water partition coefficient (Wildman–Crippen LogP) is 2.20. The maximum atomic E-state index is 13.7. The minimum absolute atomic E-state index is 0.172. The van der Waals surface area contributed by atoms with Gasteiger partial charge >= 0.3 is 0 Å².